The first-order valence-corrected chi connectivity index (χ1v) is 7.29. The molecule has 0 aromatic heterocycles. The van der Waals surface area contributed by atoms with E-state index in [0.717, 1.165) is 18.4 Å². The molecule has 0 heterocycles. The van der Waals surface area contributed by atoms with Crippen LogP contribution in [0.25, 0.3) is 0 Å². The zero-order chi connectivity index (χ0) is 13.9. The van der Waals surface area contributed by atoms with Crippen LogP contribution in [-0.4, -0.2) is 23.9 Å². The molecule has 0 amide bonds. The number of rotatable bonds is 10. The van der Waals surface area contributed by atoms with E-state index in [9.17, 15) is 5.11 Å². The summed E-state index contributed by atoms with van der Waals surface area (Å²) in [6.45, 7) is 3.14. The molecule has 0 aliphatic rings. The van der Waals surface area contributed by atoms with E-state index in [1.807, 2.05) is 30.3 Å². The highest BCUT2D eigenvalue weighted by molar-refractivity contribution is 5.13. The van der Waals surface area contributed by atoms with Crippen molar-refractivity contribution in [2.45, 2.75) is 57.8 Å². The van der Waals surface area contributed by atoms with Crippen molar-refractivity contribution >= 4 is 0 Å². The first kappa shape index (κ1) is 16.2. The normalized spacial score (nSPS) is 14.3. The van der Waals surface area contributed by atoms with Crippen LogP contribution in [0.3, 0.4) is 0 Å². The highest BCUT2D eigenvalue weighted by Gasteiger charge is 2.14. The number of nitrogens with two attached hydrogens (primary N) is 1. The molecular formula is C16H27NO2. The molecule has 1 aromatic carbocycles. The number of benzene rings is 1. The summed E-state index contributed by atoms with van der Waals surface area (Å²) >= 11 is 0. The summed E-state index contributed by atoms with van der Waals surface area (Å²) in [5.41, 5.74) is 7.05. The summed E-state index contributed by atoms with van der Waals surface area (Å²) in [4.78, 5) is 0. The Morgan fingerprint density at radius 3 is 2.58 bits per heavy atom. The Kier molecular flexibility index (Phi) is 8.47. The van der Waals surface area contributed by atoms with Crippen LogP contribution < -0.4 is 5.73 Å². The van der Waals surface area contributed by atoms with Crippen LogP contribution in [0.5, 0.6) is 0 Å². The molecule has 3 heteroatoms. The Bertz CT molecular complexity index is 316. The minimum atomic E-state index is -0.451. The van der Waals surface area contributed by atoms with Crippen LogP contribution >= 0.6 is 0 Å². The van der Waals surface area contributed by atoms with Crippen LogP contribution in [0.4, 0.5) is 0 Å². The molecule has 3 N–H and O–H groups in total. The van der Waals surface area contributed by atoms with Gasteiger partial charge < -0.3 is 15.6 Å². The van der Waals surface area contributed by atoms with E-state index in [0.29, 0.717) is 13.2 Å². The smallest absolute Gasteiger partial charge is 0.0717 e. The van der Waals surface area contributed by atoms with Crippen LogP contribution in [-0.2, 0) is 11.3 Å². The average molecular weight is 265 g/mol. The van der Waals surface area contributed by atoms with Gasteiger partial charge in [0, 0.05) is 0 Å². The molecule has 0 saturated carbocycles. The van der Waals surface area contributed by atoms with Gasteiger partial charge in [0.2, 0.25) is 0 Å². The molecule has 2 atom stereocenters. The predicted molar refractivity (Wildman–Crippen MR) is 78.8 cm³/mol. The molecule has 3 nitrogen and oxygen atoms in total. The summed E-state index contributed by atoms with van der Waals surface area (Å²) in [5.74, 6) is 0. The van der Waals surface area contributed by atoms with E-state index >= 15 is 0 Å². The number of aliphatic hydroxyl groups is 1. The van der Waals surface area contributed by atoms with Gasteiger partial charge in [0.05, 0.1) is 25.4 Å². The number of ether oxygens (including phenoxy) is 1. The van der Waals surface area contributed by atoms with Crippen molar-refractivity contribution < 1.29 is 9.84 Å². The van der Waals surface area contributed by atoms with E-state index < -0.39 is 6.10 Å². The minimum Gasteiger partial charge on any atom is -0.391 e. The highest BCUT2D eigenvalue weighted by Crippen LogP contribution is 2.08. The zero-order valence-corrected chi connectivity index (χ0v) is 11.9. The van der Waals surface area contributed by atoms with Crippen molar-refractivity contribution in [1.82, 2.24) is 0 Å². The van der Waals surface area contributed by atoms with Crippen LogP contribution in [0.2, 0.25) is 0 Å². The Morgan fingerprint density at radius 2 is 1.89 bits per heavy atom. The van der Waals surface area contributed by atoms with Crippen molar-refractivity contribution in [3.8, 4) is 0 Å². The third-order valence-electron chi connectivity index (χ3n) is 3.27. The van der Waals surface area contributed by atoms with E-state index in [4.69, 9.17) is 10.5 Å². The zero-order valence-electron chi connectivity index (χ0n) is 11.9. The molecule has 0 aliphatic heterocycles. The van der Waals surface area contributed by atoms with Gasteiger partial charge >= 0.3 is 0 Å². The van der Waals surface area contributed by atoms with Gasteiger partial charge in [-0.1, -0.05) is 62.9 Å². The Labute approximate surface area is 116 Å². The molecule has 19 heavy (non-hydrogen) atoms. The molecule has 108 valence electrons. The van der Waals surface area contributed by atoms with Gasteiger partial charge in [-0.25, -0.2) is 0 Å². The van der Waals surface area contributed by atoms with Gasteiger partial charge in [0.25, 0.3) is 0 Å². The fourth-order valence-electron chi connectivity index (χ4n) is 1.99. The van der Waals surface area contributed by atoms with Crippen molar-refractivity contribution in [2.75, 3.05) is 6.61 Å². The topological polar surface area (TPSA) is 55.5 Å². The van der Waals surface area contributed by atoms with Gasteiger partial charge in [-0.2, -0.15) is 0 Å². The molecule has 0 radical (unpaired) electrons. The summed E-state index contributed by atoms with van der Waals surface area (Å²) in [6, 6.07) is 9.71. The summed E-state index contributed by atoms with van der Waals surface area (Å²) in [7, 11) is 0. The Hall–Kier alpha value is -0.900. The molecule has 0 bridgehead atoms. The third-order valence-corrected chi connectivity index (χ3v) is 3.27. The molecule has 0 fully saturated rings. The van der Waals surface area contributed by atoms with Crippen LogP contribution in [0.15, 0.2) is 30.3 Å². The molecule has 0 unspecified atom stereocenters. The van der Waals surface area contributed by atoms with Crippen molar-refractivity contribution in [1.29, 1.82) is 0 Å². The highest BCUT2D eigenvalue weighted by atomic mass is 16.5. The van der Waals surface area contributed by atoms with Gasteiger partial charge in [-0.15, -0.1) is 0 Å². The average Bonchev–Trinajstić information content (AvgIpc) is 2.44. The maximum absolute atomic E-state index is 9.91. The molecule has 0 aliphatic carbocycles. The lowest BCUT2D eigenvalue weighted by atomic mass is 10.0. The quantitative estimate of drug-likeness (QED) is 0.640. The molecule has 0 saturated heterocycles. The minimum absolute atomic E-state index is 0.287. The maximum atomic E-state index is 9.91. The summed E-state index contributed by atoms with van der Waals surface area (Å²) < 4.78 is 5.55. The maximum Gasteiger partial charge on any atom is 0.0717 e. The third kappa shape index (κ3) is 7.31. The number of hydrogen-bond acceptors (Lipinski definition) is 3. The van der Waals surface area contributed by atoms with Gasteiger partial charge in [0.15, 0.2) is 0 Å². The van der Waals surface area contributed by atoms with E-state index in [1.165, 1.54) is 19.3 Å². The van der Waals surface area contributed by atoms with Crippen LogP contribution in [0, 0.1) is 0 Å². The molecule has 0 spiro atoms. The van der Waals surface area contributed by atoms with E-state index in [-0.39, 0.29) is 6.04 Å². The largest absolute Gasteiger partial charge is 0.391 e. The first-order chi connectivity index (χ1) is 9.24. The van der Waals surface area contributed by atoms with E-state index in [1.54, 1.807) is 0 Å². The lowest BCUT2D eigenvalue weighted by molar-refractivity contribution is 0.0504. The number of aliphatic hydroxyl groups excluding tert-OH is 1. The SMILES string of the molecule is CCCCCC[C@@H](O)[C@@H](N)COCc1ccccc1. The first-order valence-electron chi connectivity index (χ1n) is 7.29. The standard InChI is InChI=1S/C16H27NO2/c1-2-3-4-8-11-16(18)15(17)13-19-12-14-9-6-5-7-10-14/h5-7,9-10,15-16,18H,2-4,8,11-13,17H2,1H3/t15-,16+/m0/s1. The van der Waals surface area contributed by atoms with Crippen molar-refractivity contribution in [2.24, 2.45) is 5.73 Å². The Balaban J connectivity index is 2.11. The fraction of sp³-hybridized carbons (Fsp3) is 0.625. The molecule has 1 aromatic rings. The van der Waals surface area contributed by atoms with Crippen molar-refractivity contribution in [3.63, 3.8) is 0 Å². The second-order valence-electron chi connectivity index (χ2n) is 5.08. The Morgan fingerprint density at radius 1 is 1.16 bits per heavy atom. The lowest BCUT2D eigenvalue weighted by Crippen LogP contribution is -2.38. The monoisotopic (exact) mass is 265 g/mol. The van der Waals surface area contributed by atoms with Crippen molar-refractivity contribution in [3.05, 3.63) is 35.9 Å². The van der Waals surface area contributed by atoms with Crippen LogP contribution in [0.1, 0.15) is 44.6 Å². The summed E-state index contributed by atoms with van der Waals surface area (Å²) in [5, 5.41) is 9.91. The predicted octanol–water partition coefficient (Wildman–Crippen LogP) is 2.86. The van der Waals surface area contributed by atoms with Gasteiger partial charge in [-0.3, -0.25) is 0 Å². The number of hydrogen-bond donors (Lipinski definition) is 2. The number of unbranched alkanes of at least 4 members (excludes halogenated alkanes) is 3. The fourth-order valence-corrected chi connectivity index (χ4v) is 1.99. The molecule has 1 rings (SSSR count). The lowest BCUT2D eigenvalue weighted by Gasteiger charge is -2.18. The molecular weight excluding hydrogens is 238 g/mol. The van der Waals surface area contributed by atoms with Gasteiger partial charge in [0.1, 0.15) is 0 Å². The van der Waals surface area contributed by atoms with E-state index in [2.05, 4.69) is 6.92 Å². The summed E-state index contributed by atoms with van der Waals surface area (Å²) in [6.07, 6.45) is 4.98. The second kappa shape index (κ2) is 9.96. The van der Waals surface area contributed by atoms with Gasteiger partial charge in [-0.05, 0) is 12.0 Å². The second-order valence-corrected chi connectivity index (χ2v) is 5.08.